The molecule has 76 valence electrons. The zero-order valence-electron chi connectivity index (χ0n) is 8.67. The number of hydrogen-bond donors (Lipinski definition) is 0. The molecular weight excluding hydrogens is 178 g/mol. The fraction of sp³-hybridized carbons (Fsp3) is 0.636. The monoisotopic (exact) mass is 193 g/mol. The maximum Gasteiger partial charge on any atom is 0.256 e. The second-order valence-corrected chi connectivity index (χ2v) is 4.72. The SMILES string of the molecule is CC1=CC(=O)N(CC2(C)CCC2)C1=O. The van der Waals surface area contributed by atoms with E-state index in [1.807, 2.05) is 0 Å². The van der Waals surface area contributed by atoms with Gasteiger partial charge in [0.15, 0.2) is 0 Å². The van der Waals surface area contributed by atoms with Crippen molar-refractivity contribution in [3.63, 3.8) is 0 Å². The predicted octanol–water partition coefficient (Wildman–Crippen LogP) is 1.49. The molecule has 2 rings (SSSR count). The van der Waals surface area contributed by atoms with Gasteiger partial charge in [0, 0.05) is 18.2 Å². The van der Waals surface area contributed by atoms with Crippen LogP contribution in [0.25, 0.3) is 0 Å². The van der Waals surface area contributed by atoms with E-state index in [4.69, 9.17) is 0 Å². The lowest BCUT2D eigenvalue weighted by Crippen LogP contribution is -2.43. The molecule has 0 aromatic heterocycles. The molecular formula is C11H15NO2. The van der Waals surface area contributed by atoms with E-state index in [0.29, 0.717) is 12.1 Å². The molecule has 1 heterocycles. The van der Waals surface area contributed by atoms with Crippen molar-refractivity contribution in [2.24, 2.45) is 5.41 Å². The Kier molecular flexibility index (Phi) is 1.98. The van der Waals surface area contributed by atoms with E-state index >= 15 is 0 Å². The standard InChI is InChI=1S/C11H15NO2/c1-8-6-9(13)12(10(8)14)7-11(2)4-3-5-11/h6H,3-5,7H2,1-2H3. The molecule has 1 fully saturated rings. The summed E-state index contributed by atoms with van der Waals surface area (Å²) in [5.74, 6) is -0.247. The molecule has 0 bridgehead atoms. The molecule has 0 N–H and O–H groups in total. The minimum Gasteiger partial charge on any atom is -0.275 e. The first kappa shape index (κ1) is 9.44. The minimum absolute atomic E-state index is 0.108. The maximum atomic E-state index is 11.6. The van der Waals surface area contributed by atoms with Gasteiger partial charge < -0.3 is 0 Å². The molecule has 0 aromatic carbocycles. The van der Waals surface area contributed by atoms with Crippen LogP contribution in [-0.2, 0) is 9.59 Å². The molecule has 0 saturated heterocycles. The van der Waals surface area contributed by atoms with Crippen LogP contribution < -0.4 is 0 Å². The van der Waals surface area contributed by atoms with Gasteiger partial charge in [-0.1, -0.05) is 13.3 Å². The Hall–Kier alpha value is -1.12. The Balaban J connectivity index is 2.06. The van der Waals surface area contributed by atoms with E-state index in [1.165, 1.54) is 17.4 Å². The first-order valence-electron chi connectivity index (χ1n) is 5.06. The van der Waals surface area contributed by atoms with E-state index in [1.54, 1.807) is 6.92 Å². The quantitative estimate of drug-likeness (QED) is 0.623. The normalized spacial score (nSPS) is 25.0. The zero-order chi connectivity index (χ0) is 10.3. The minimum atomic E-state index is -0.138. The lowest BCUT2D eigenvalue weighted by molar-refractivity contribution is -0.140. The molecule has 0 radical (unpaired) electrons. The number of carbonyl (C=O) groups is 2. The molecule has 0 unspecified atom stereocenters. The Bertz CT molecular complexity index is 326. The van der Waals surface area contributed by atoms with Gasteiger partial charge in [0.05, 0.1) is 0 Å². The van der Waals surface area contributed by atoms with Crippen molar-refractivity contribution in [2.45, 2.75) is 33.1 Å². The smallest absolute Gasteiger partial charge is 0.256 e. The van der Waals surface area contributed by atoms with E-state index in [2.05, 4.69) is 6.92 Å². The fourth-order valence-electron chi connectivity index (χ4n) is 2.11. The molecule has 3 nitrogen and oxygen atoms in total. The summed E-state index contributed by atoms with van der Waals surface area (Å²) >= 11 is 0. The second-order valence-electron chi connectivity index (χ2n) is 4.72. The van der Waals surface area contributed by atoms with Crippen molar-refractivity contribution in [1.82, 2.24) is 4.90 Å². The average molecular weight is 193 g/mol. The van der Waals surface area contributed by atoms with Crippen LogP contribution in [0, 0.1) is 5.41 Å². The van der Waals surface area contributed by atoms with Gasteiger partial charge >= 0.3 is 0 Å². The Morgan fingerprint density at radius 1 is 1.43 bits per heavy atom. The highest BCUT2D eigenvalue weighted by Crippen LogP contribution is 2.41. The van der Waals surface area contributed by atoms with Gasteiger partial charge in [0.25, 0.3) is 11.8 Å². The van der Waals surface area contributed by atoms with E-state index < -0.39 is 0 Å². The van der Waals surface area contributed by atoms with Crippen molar-refractivity contribution in [2.75, 3.05) is 6.54 Å². The molecule has 1 aliphatic carbocycles. The van der Waals surface area contributed by atoms with Gasteiger partial charge in [-0.15, -0.1) is 0 Å². The van der Waals surface area contributed by atoms with Crippen molar-refractivity contribution in [3.05, 3.63) is 11.6 Å². The molecule has 0 spiro atoms. The lowest BCUT2D eigenvalue weighted by Gasteiger charge is -2.40. The third kappa shape index (κ3) is 1.37. The van der Waals surface area contributed by atoms with Crippen molar-refractivity contribution >= 4 is 11.8 Å². The van der Waals surface area contributed by atoms with Crippen LogP contribution in [0.1, 0.15) is 33.1 Å². The number of rotatable bonds is 2. The number of amides is 2. The predicted molar refractivity (Wildman–Crippen MR) is 52.4 cm³/mol. The van der Waals surface area contributed by atoms with Crippen molar-refractivity contribution in [3.8, 4) is 0 Å². The topological polar surface area (TPSA) is 37.4 Å². The first-order chi connectivity index (χ1) is 6.52. The summed E-state index contributed by atoms with van der Waals surface area (Å²) in [6, 6.07) is 0. The molecule has 2 amide bonds. The van der Waals surface area contributed by atoms with Crippen LogP contribution >= 0.6 is 0 Å². The van der Waals surface area contributed by atoms with Gasteiger partial charge in [-0.05, 0) is 25.2 Å². The summed E-state index contributed by atoms with van der Waals surface area (Å²) < 4.78 is 0. The summed E-state index contributed by atoms with van der Waals surface area (Å²) in [7, 11) is 0. The van der Waals surface area contributed by atoms with Crippen LogP contribution in [0.2, 0.25) is 0 Å². The Morgan fingerprint density at radius 2 is 2.07 bits per heavy atom. The highest BCUT2D eigenvalue weighted by Gasteiger charge is 2.38. The second kappa shape index (κ2) is 2.94. The molecule has 1 aliphatic heterocycles. The van der Waals surface area contributed by atoms with Gasteiger partial charge in [-0.25, -0.2) is 0 Å². The molecule has 0 aromatic rings. The van der Waals surface area contributed by atoms with E-state index in [0.717, 1.165) is 12.8 Å². The molecule has 3 heteroatoms. The van der Waals surface area contributed by atoms with Crippen LogP contribution in [0.4, 0.5) is 0 Å². The van der Waals surface area contributed by atoms with E-state index in [9.17, 15) is 9.59 Å². The van der Waals surface area contributed by atoms with Crippen LogP contribution in [0.5, 0.6) is 0 Å². The summed E-state index contributed by atoms with van der Waals surface area (Å²) in [6.07, 6.45) is 4.91. The number of hydrogen-bond acceptors (Lipinski definition) is 2. The fourth-order valence-corrected chi connectivity index (χ4v) is 2.11. The first-order valence-corrected chi connectivity index (χ1v) is 5.06. The lowest BCUT2D eigenvalue weighted by atomic mass is 9.70. The van der Waals surface area contributed by atoms with Crippen molar-refractivity contribution in [1.29, 1.82) is 0 Å². The molecule has 14 heavy (non-hydrogen) atoms. The van der Waals surface area contributed by atoms with Gasteiger partial charge in [0.2, 0.25) is 0 Å². The number of imide groups is 1. The van der Waals surface area contributed by atoms with Crippen LogP contribution in [0.15, 0.2) is 11.6 Å². The molecule has 2 aliphatic rings. The highest BCUT2D eigenvalue weighted by molar-refractivity contribution is 6.15. The van der Waals surface area contributed by atoms with E-state index in [-0.39, 0.29) is 17.2 Å². The average Bonchev–Trinajstić information content (AvgIpc) is 2.29. The van der Waals surface area contributed by atoms with Gasteiger partial charge in [0.1, 0.15) is 0 Å². The summed E-state index contributed by atoms with van der Waals surface area (Å²) in [6.45, 7) is 4.44. The third-order valence-corrected chi connectivity index (χ3v) is 3.29. The number of carbonyl (C=O) groups excluding carboxylic acids is 2. The Morgan fingerprint density at radius 3 is 2.43 bits per heavy atom. The van der Waals surface area contributed by atoms with Crippen LogP contribution in [-0.4, -0.2) is 23.3 Å². The van der Waals surface area contributed by atoms with Crippen LogP contribution in [0.3, 0.4) is 0 Å². The Labute approximate surface area is 83.8 Å². The zero-order valence-corrected chi connectivity index (χ0v) is 8.67. The summed E-state index contributed by atoms with van der Waals surface area (Å²) in [4.78, 5) is 24.4. The summed E-state index contributed by atoms with van der Waals surface area (Å²) in [5, 5.41) is 0. The van der Waals surface area contributed by atoms with Gasteiger partial charge in [-0.2, -0.15) is 0 Å². The molecule has 0 atom stereocenters. The third-order valence-electron chi connectivity index (χ3n) is 3.29. The maximum absolute atomic E-state index is 11.6. The highest BCUT2D eigenvalue weighted by atomic mass is 16.2. The van der Waals surface area contributed by atoms with Gasteiger partial charge in [-0.3, -0.25) is 14.5 Å². The van der Waals surface area contributed by atoms with Crippen molar-refractivity contribution < 1.29 is 9.59 Å². The largest absolute Gasteiger partial charge is 0.275 e. The molecule has 1 saturated carbocycles. The number of nitrogens with zero attached hydrogens (tertiary/aromatic N) is 1. The summed E-state index contributed by atoms with van der Waals surface area (Å²) in [5.41, 5.74) is 0.752.